The van der Waals surface area contributed by atoms with Crippen molar-refractivity contribution in [2.75, 3.05) is 6.54 Å². The molecule has 1 saturated carbocycles. The van der Waals surface area contributed by atoms with Crippen LogP contribution in [0.2, 0.25) is 0 Å². The number of rotatable bonds is 3. The lowest BCUT2D eigenvalue weighted by atomic mass is 9.89. The molecule has 1 aromatic carbocycles. The second-order valence-electron chi connectivity index (χ2n) is 5.00. The van der Waals surface area contributed by atoms with Gasteiger partial charge in [0, 0.05) is 17.4 Å². The van der Waals surface area contributed by atoms with Crippen molar-refractivity contribution < 1.29 is 14.3 Å². The lowest BCUT2D eigenvalue weighted by Gasteiger charge is -2.25. The number of carbonyl (C=O) groups is 1. The summed E-state index contributed by atoms with van der Waals surface area (Å²) in [5, 5.41) is 11.9. The maximum Gasteiger partial charge on any atom is 0.254 e. The molecule has 2 rings (SSSR count). The first-order valence-corrected chi connectivity index (χ1v) is 7.38. The van der Waals surface area contributed by atoms with Crippen LogP contribution in [0.15, 0.2) is 18.2 Å². The molecule has 1 aliphatic rings. The number of carbonyl (C=O) groups excluding carboxylic acids is 1. The quantitative estimate of drug-likeness (QED) is 0.836. The van der Waals surface area contributed by atoms with E-state index in [2.05, 4.69) is 21.2 Å². The summed E-state index contributed by atoms with van der Waals surface area (Å²) in [4.78, 5) is 12.4. The van der Waals surface area contributed by atoms with Gasteiger partial charge >= 0.3 is 0 Å². The third kappa shape index (κ3) is 3.93. The van der Waals surface area contributed by atoms with Crippen molar-refractivity contribution >= 4 is 21.8 Å². The summed E-state index contributed by atoms with van der Waals surface area (Å²) in [5.41, 5.74) is -0.0241. The van der Waals surface area contributed by atoms with Gasteiger partial charge in [0.15, 0.2) is 0 Å². The van der Waals surface area contributed by atoms with E-state index in [0.717, 1.165) is 25.3 Å². The van der Waals surface area contributed by atoms with E-state index in [1.165, 1.54) is 18.6 Å². The lowest BCUT2D eigenvalue weighted by Crippen LogP contribution is -2.32. The van der Waals surface area contributed by atoms with E-state index >= 15 is 0 Å². The van der Waals surface area contributed by atoms with Crippen LogP contribution in [0.1, 0.15) is 36.0 Å². The van der Waals surface area contributed by atoms with Gasteiger partial charge in [-0.25, -0.2) is 4.39 Å². The number of aromatic hydroxyl groups is 1. The second-order valence-corrected chi connectivity index (χ2v) is 6.30. The monoisotopic (exact) mass is 329 g/mol. The molecule has 0 aliphatic heterocycles. The summed E-state index contributed by atoms with van der Waals surface area (Å²) in [6, 6.07) is 3.56. The molecule has 1 aliphatic carbocycles. The molecule has 2 N–H and O–H groups in total. The first-order valence-electron chi connectivity index (χ1n) is 6.47. The predicted octanol–water partition coefficient (Wildman–Crippen LogP) is 3.21. The van der Waals surface area contributed by atoms with Crippen molar-refractivity contribution in [3.63, 3.8) is 0 Å². The molecule has 0 saturated heterocycles. The standard InChI is InChI=1S/C14H17BrFNO2/c15-10-3-1-2-9(6-10)8-17-14(19)12-5-4-11(18)7-13(12)16/h4-5,7,9-10,18H,1-3,6,8H2,(H,17,19). The Kier molecular flexibility index (Phi) is 4.80. The molecule has 104 valence electrons. The van der Waals surface area contributed by atoms with Crippen LogP contribution < -0.4 is 5.32 Å². The summed E-state index contributed by atoms with van der Waals surface area (Å²) in [6.07, 6.45) is 4.47. The molecule has 1 amide bonds. The number of hydrogen-bond acceptors (Lipinski definition) is 2. The van der Waals surface area contributed by atoms with Crippen molar-refractivity contribution in [2.45, 2.75) is 30.5 Å². The first-order chi connectivity index (χ1) is 9.06. The van der Waals surface area contributed by atoms with E-state index in [1.807, 2.05) is 0 Å². The average molecular weight is 330 g/mol. The SMILES string of the molecule is O=C(NCC1CCCC(Br)C1)c1ccc(O)cc1F. The zero-order chi connectivity index (χ0) is 13.8. The van der Waals surface area contributed by atoms with Crippen molar-refractivity contribution in [1.29, 1.82) is 0 Å². The van der Waals surface area contributed by atoms with Crippen LogP contribution in [-0.4, -0.2) is 22.4 Å². The van der Waals surface area contributed by atoms with Crippen LogP contribution in [0.5, 0.6) is 5.75 Å². The van der Waals surface area contributed by atoms with Crippen LogP contribution in [0, 0.1) is 11.7 Å². The van der Waals surface area contributed by atoms with Crippen LogP contribution in [0.25, 0.3) is 0 Å². The van der Waals surface area contributed by atoms with Crippen LogP contribution in [-0.2, 0) is 0 Å². The highest BCUT2D eigenvalue weighted by Crippen LogP contribution is 2.28. The smallest absolute Gasteiger partial charge is 0.254 e. The maximum absolute atomic E-state index is 13.5. The van der Waals surface area contributed by atoms with Gasteiger partial charge in [0.1, 0.15) is 11.6 Å². The topological polar surface area (TPSA) is 49.3 Å². The van der Waals surface area contributed by atoms with E-state index < -0.39 is 11.7 Å². The zero-order valence-electron chi connectivity index (χ0n) is 10.5. The molecule has 5 heteroatoms. The fraction of sp³-hybridized carbons (Fsp3) is 0.500. The van der Waals surface area contributed by atoms with Gasteiger partial charge in [-0.05, 0) is 37.3 Å². The highest BCUT2D eigenvalue weighted by molar-refractivity contribution is 9.09. The summed E-state index contributed by atoms with van der Waals surface area (Å²) in [6.45, 7) is 0.571. The van der Waals surface area contributed by atoms with Crippen molar-refractivity contribution in [1.82, 2.24) is 5.32 Å². The summed E-state index contributed by atoms with van der Waals surface area (Å²) in [7, 11) is 0. The van der Waals surface area contributed by atoms with Gasteiger partial charge in [0.2, 0.25) is 0 Å². The third-order valence-corrected chi connectivity index (χ3v) is 4.30. The zero-order valence-corrected chi connectivity index (χ0v) is 12.1. The van der Waals surface area contributed by atoms with E-state index in [4.69, 9.17) is 5.11 Å². The van der Waals surface area contributed by atoms with Gasteiger partial charge in [-0.15, -0.1) is 0 Å². The van der Waals surface area contributed by atoms with Gasteiger partial charge in [-0.2, -0.15) is 0 Å². The minimum atomic E-state index is -0.695. The molecule has 19 heavy (non-hydrogen) atoms. The summed E-state index contributed by atoms with van der Waals surface area (Å²) in [5.74, 6) is -0.848. The fourth-order valence-corrected chi connectivity index (χ4v) is 3.28. The number of benzene rings is 1. The number of amides is 1. The van der Waals surface area contributed by atoms with E-state index in [9.17, 15) is 9.18 Å². The Morgan fingerprint density at radius 3 is 2.95 bits per heavy atom. The van der Waals surface area contributed by atoms with Crippen LogP contribution in [0.4, 0.5) is 4.39 Å². The predicted molar refractivity (Wildman–Crippen MR) is 75.1 cm³/mol. The number of nitrogens with one attached hydrogen (secondary N) is 1. The van der Waals surface area contributed by atoms with Gasteiger partial charge in [-0.3, -0.25) is 4.79 Å². The number of halogens is 2. The highest BCUT2D eigenvalue weighted by atomic mass is 79.9. The molecule has 0 bridgehead atoms. The Hall–Kier alpha value is -1.10. The molecule has 2 atom stereocenters. The largest absolute Gasteiger partial charge is 0.508 e. The molecule has 1 fully saturated rings. The first kappa shape index (κ1) is 14.3. The number of phenols is 1. The van der Waals surface area contributed by atoms with Gasteiger partial charge in [0.25, 0.3) is 5.91 Å². The minimum Gasteiger partial charge on any atom is -0.508 e. The van der Waals surface area contributed by atoms with Crippen LogP contribution >= 0.6 is 15.9 Å². The Balaban J connectivity index is 1.90. The molecule has 3 nitrogen and oxygen atoms in total. The van der Waals surface area contributed by atoms with Gasteiger partial charge in [-0.1, -0.05) is 22.4 Å². The van der Waals surface area contributed by atoms with Crippen molar-refractivity contribution in [3.05, 3.63) is 29.6 Å². The summed E-state index contributed by atoms with van der Waals surface area (Å²) >= 11 is 3.60. The molecule has 0 heterocycles. The average Bonchev–Trinajstić information content (AvgIpc) is 2.36. The molecular formula is C14H17BrFNO2. The molecule has 2 unspecified atom stereocenters. The molecule has 1 aromatic rings. The van der Waals surface area contributed by atoms with Gasteiger partial charge < -0.3 is 10.4 Å². The molecule has 0 radical (unpaired) electrons. The number of phenolic OH excluding ortho intramolecular Hbond substituents is 1. The van der Waals surface area contributed by atoms with Crippen molar-refractivity contribution in [2.24, 2.45) is 5.92 Å². The Bertz CT molecular complexity index is 467. The van der Waals surface area contributed by atoms with E-state index in [-0.39, 0.29) is 11.3 Å². The molecular weight excluding hydrogens is 313 g/mol. The highest BCUT2D eigenvalue weighted by Gasteiger charge is 2.21. The number of alkyl halides is 1. The maximum atomic E-state index is 13.5. The Morgan fingerprint density at radius 2 is 2.26 bits per heavy atom. The van der Waals surface area contributed by atoms with E-state index in [0.29, 0.717) is 17.3 Å². The van der Waals surface area contributed by atoms with E-state index in [1.54, 1.807) is 0 Å². The lowest BCUT2D eigenvalue weighted by molar-refractivity contribution is 0.0940. The summed E-state index contributed by atoms with van der Waals surface area (Å²) < 4.78 is 13.5. The third-order valence-electron chi connectivity index (χ3n) is 3.47. The fourth-order valence-electron chi connectivity index (χ4n) is 2.43. The Morgan fingerprint density at radius 1 is 1.47 bits per heavy atom. The second kappa shape index (κ2) is 6.37. The minimum absolute atomic E-state index is 0.0241. The van der Waals surface area contributed by atoms with Crippen molar-refractivity contribution in [3.8, 4) is 5.75 Å². The molecule has 0 spiro atoms. The molecule has 0 aromatic heterocycles. The van der Waals surface area contributed by atoms with Crippen LogP contribution in [0.3, 0.4) is 0 Å². The van der Waals surface area contributed by atoms with Gasteiger partial charge in [0.05, 0.1) is 5.56 Å². The Labute approximate surface area is 120 Å². The number of hydrogen-bond donors (Lipinski definition) is 2. The normalized spacial score (nSPS) is 23.1.